The minimum absolute atomic E-state index is 0.00750. The van der Waals surface area contributed by atoms with E-state index in [1.54, 1.807) is 19.1 Å². The average molecular weight is 343 g/mol. The van der Waals surface area contributed by atoms with Gasteiger partial charge < -0.3 is 15.8 Å². The number of hydrogen-bond acceptors (Lipinski definition) is 4. The molecule has 5 nitrogen and oxygen atoms in total. The molecule has 0 bridgehead atoms. The normalized spacial score (nSPS) is 12.1. The quantitative estimate of drug-likeness (QED) is 0.650. The van der Waals surface area contributed by atoms with Crippen molar-refractivity contribution in [3.63, 3.8) is 0 Å². The zero-order valence-corrected chi connectivity index (χ0v) is 13.6. The highest BCUT2D eigenvalue weighted by molar-refractivity contribution is 9.10. The highest BCUT2D eigenvalue weighted by Crippen LogP contribution is 2.23. The largest absolute Gasteiger partial charge is 0.449 e. The molecule has 20 heavy (non-hydrogen) atoms. The van der Waals surface area contributed by atoms with E-state index in [0.717, 1.165) is 0 Å². The number of hydrogen-bond donors (Lipinski definition) is 2. The van der Waals surface area contributed by atoms with E-state index in [4.69, 9.17) is 10.5 Å². The van der Waals surface area contributed by atoms with Crippen LogP contribution >= 0.6 is 15.9 Å². The molecular formula is C14H19BrN2O3. The van der Waals surface area contributed by atoms with Gasteiger partial charge in [0.15, 0.2) is 6.10 Å². The van der Waals surface area contributed by atoms with Crippen LogP contribution in [0.5, 0.6) is 0 Å². The third-order valence-electron chi connectivity index (χ3n) is 2.72. The van der Waals surface area contributed by atoms with Gasteiger partial charge in [-0.25, -0.2) is 4.79 Å². The first-order valence-electron chi connectivity index (χ1n) is 6.29. The maximum Gasteiger partial charge on any atom is 0.339 e. The summed E-state index contributed by atoms with van der Waals surface area (Å²) < 4.78 is 5.85. The fourth-order valence-corrected chi connectivity index (χ4v) is 2.07. The highest BCUT2D eigenvalue weighted by Gasteiger charge is 2.21. The molecule has 0 radical (unpaired) electrons. The third-order valence-corrected chi connectivity index (χ3v) is 3.17. The smallest absolute Gasteiger partial charge is 0.339 e. The van der Waals surface area contributed by atoms with E-state index in [2.05, 4.69) is 21.2 Å². The highest BCUT2D eigenvalue weighted by atomic mass is 79.9. The van der Waals surface area contributed by atoms with Crippen molar-refractivity contribution >= 4 is 33.5 Å². The third kappa shape index (κ3) is 4.23. The molecule has 0 aromatic heterocycles. The minimum Gasteiger partial charge on any atom is -0.449 e. The van der Waals surface area contributed by atoms with Crippen LogP contribution in [-0.2, 0) is 9.53 Å². The van der Waals surface area contributed by atoms with Crippen LogP contribution in [0.2, 0.25) is 0 Å². The van der Waals surface area contributed by atoms with Gasteiger partial charge in [0.1, 0.15) is 0 Å². The summed E-state index contributed by atoms with van der Waals surface area (Å²) in [7, 11) is 0. The van der Waals surface area contributed by atoms with Gasteiger partial charge in [-0.15, -0.1) is 0 Å². The van der Waals surface area contributed by atoms with E-state index in [0.29, 0.717) is 21.3 Å². The second-order valence-electron chi connectivity index (χ2n) is 4.88. The summed E-state index contributed by atoms with van der Waals surface area (Å²) in [5, 5.41) is 2.69. The number of nitrogens with two attached hydrogens (primary N) is 1. The van der Waals surface area contributed by atoms with Crippen molar-refractivity contribution in [1.82, 2.24) is 5.32 Å². The zero-order chi connectivity index (χ0) is 15.4. The predicted octanol–water partition coefficient (Wildman–Crippen LogP) is 2.41. The number of carbonyl (C=O) groups excluding carboxylic acids is 2. The van der Waals surface area contributed by atoms with Crippen LogP contribution in [-0.4, -0.2) is 24.0 Å². The van der Waals surface area contributed by atoms with Gasteiger partial charge in [0, 0.05) is 16.2 Å². The number of nitrogens with one attached hydrogen (secondary N) is 1. The van der Waals surface area contributed by atoms with E-state index < -0.39 is 12.1 Å². The molecular weight excluding hydrogens is 324 g/mol. The topological polar surface area (TPSA) is 81.4 Å². The Labute approximate surface area is 127 Å². The van der Waals surface area contributed by atoms with Crippen molar-refractivity contribution in [3.8, 4) is 0 Å². The summed E-state index contributed by atoms with van der Waals surface area (Å²) in [4.78, 5) is 23.8. The van der Waals surface area contributed by atoms with Gasteiger partial charge in [-0.2, -0.15) is 0 Å². The van der Waals surface area contributed by atoms with Crippen LogP contribution in [0.3, 0.4) is 0 Å². The first kappa shape index (κ1) is 16.5. The lowest BCUT2D eigenvalue weighted by Crippen LogP contribution is -2.39. The summed E-state index contributed by atoms with van der Waals surface area (Å²) >= 11 is 3.28. The molecule has 0 heterocycles. The Kier molecular flexibility index (Phi) is 5.56. The van der Waals surface area contributed by atoms with Crippen LogP contribution in [0.25, 0.3) is 0 Å². The maximum absolute atomic E-state index is 12.1. The Morgan fingerprint density at radius 2 is 1.90 bits per heavy atom. The lowest BCUT2D eigenvalue weighted by atomic mass is 10.1. The van der Waals surface area contributed by atoms with Crippen LogP contribution in [0.15, 0.2) is 16.6 Å². The van der Waals surface area contributed by atoms with E-state index in [-0.39, 0.29) is 11.9 Å². The molecule has 0 saturated heterocycles. The number of benzene rings is 1. The van der Waals surface area contributed by atoms with Gasteiger partial charge >= 0.3 is 5.97 Å². The lowest BCUT2D eigenvalue weighted by Gasteiger charge is -2.16. The van der Waals surface area contributed by atoms with Crippen molar-refractivity contribution in [2.75, 3.05) is 5.73 Å². The Hall–Kier alpha value is -1.56. The Bertz CT molecular complexity index is 529. The monoisotopic (exact) mass is 342 g/mol. The molecule has 110 valence electrons. The summed E-state index contributed by atoms with van der Waals surface area (Å²) in [6.07, 6.45) is -0.857. The number of nitrogen functional groups attached to an aromatic ring is 1. The van der Waals surface area contributed by atoms with E-state index in [1.165, 1.54) is 6.92 Å². The van der Waals surface area contributed by atoms with Gasteiger partial charge in [0.25, 0.3) is 5.91 Å². The molecule has 0 aliphatic heterocycles. The van der Waals surface area contributed by atoms with Crippen molar-refractivity contribution in [2.24, 2.45) is 0 Å². The Morgan fingerprint density at radius 3 is 2.45 bits per heavy atom. The van der Waals surface area contributed by atoms with Crippen LogP contribution in [0.4, 0.5) is 5.69 Å². The van der Waals surface area contributed by atoms with Gasteiger partial charge in [0.2, 0.25) is 0 Å². The minimum atomic E-state index is -0.857. The molecule has 1 aromatic carbocycles. The molecule has 1 unspecified atom stereocenters. The van der Waals surface area contributed by atoms with Crippen molar-refractivity contribution in [1.29, 1.82) is 0 Å². The van der Waals surface area contributed by atoms with Gasteiger partial charge in [-0.1, -0.05) is 15.9 Å². The number of esters is 1. The molecule has 1 rings (SSSR count). The summed E-state index contributed by atoms with van der Waals surface area (Å²) in [5.74, 6) is -0.893. The molecule has 0 spiro atoms. The van der Waals surface area contributed by atoms with Gasteiger partial charge in [-0.05, 0) is 45.4 Å². The molecule has 0 fully saturated rings. The molecule has 0 aliphatic rings. The van der Waals surface area contributed by atoms with Crippen LogP contribution in [0, 0.1) is 6.92 Å². The van der Waals surface area contributed by atoms with Gasteiger partial charge in [0.05, 0.1) is 5.56 Å². The van der Waals surface area contributed by atoms with Gasteiger partial charge in [-0.3, -0.25) is 4.79 Å². The van der Waals surface area contributed by atoms with E-state index in [1.807, 2.05) is 13.8 Å². The van der Waals surface area contributed by atoms with Crippen LogP contribution in [0.1, 0.15) is 36.7 Å². The number of ether oxygens (including phenoxy) is 1. The molecule has 3 N–H and O–H groups in total. The zero-order valence-electron chi connectivity index (χ0n) is 12.0. The number of rotatable bonds is 4. The first-order chi connectivity index (χ1) is 9.22. The standard InChI is InChI=1S/C14H19BrN2O3/c1-7(2)17-13(18)9(4)20-14(19)11-5-10(15)6-12(16)8(11)3/h5-7,9H,16H2,1-4H3,(H,17,18). The van der Waals surface area contributed by atoms with Crippen molar-refractivity contribution in [2.45, 2.75) is 39.8 Å². The fraction of sp³-hybridized carbons (Fsp3) is 0.429. The predicted molar refractivity (Wildman–Crippen MR) is 81.4 cm³/mol. The number of carbonyl (C=O) groups is 2. The van der Waals surface area contributed by atoms with Crippen molar-refractivity contribution in [3.05, 3.63) is 27.7 Å². The Balaban J connectivity index is 2.84. The Morgan fingerprint density at radius 1 is 1.30 bits per heavy atom. The molecule has 1 atom stereocenters. The summed E-state index contributed by atoms with van der Waals surface area (Å²) in [6.45, 7) is 6.95. The molecule has 6 heteroatoms. The number of amides is 1. The SMILES string of the molecule is Cc1c(N)cc(Br)cc1C(=O)OC(C)C(=O)NC(C)C. The fourth-order valence-electron chi connectivity index (χ4n) is 1.59. The second-order valence-corrected chi connectivity index (χ2v) is 5.79. The molecule has 0 aliphatic carbocycles. The van der Waals surface area contributed by atoms with Crippen LogP contribution < -0.4 is 11.1 Å². The van der Waals surface area contributed by atoms with E-state index >= 15 is 0 Å². The molecule has 1 amide bonds. The molecule has 0 saturated carbocycles. The summed E-state index contributed by atoms with van der Waals surface area (Å²) in [6, 6.07) is 3.33. The maximum atomic E-state index is 12.1. The van der Waals surface area contributed by atoms with Crippen molar-refractivity contribution < 1.29 is 14.3 Å². The lowest BCUT2D eigenvalue weighted by molar-refractivity contribution is -0.129. The first-order valence-corrected chi connectivity index (χ1v) is 7.08. The molecule has 1 aromatic rings. The number of anilines is 1. The number of halogens is 1. The average Bonchev–Trinajstić information content (AvgIpc) is 2.32. The van der Waals surface area contributed by atoms with E-state index in [9.17, 15) is 9.59 Å². The second kappa shape index (κ2) is 6.74. The summed E-state index contributed by atoms with van der Waals surface area (Å²) in [5.41, 5.74) is 7.27.